The molecular formula is C21H25N3O2. The van der Waals surface area contributed by atoms with E-state index in [4.69, 9.17) is 4.42 Å². The number of aromatic nitrogens is 2. The summed E-state index contributed by atoms with van der Waals surface area (Å²) in [5, 5.41) is 10.8. The second-order valence-electron chi connectivity index (χ2n) is 7.35. The number of furan rings is 1. The molecule has 26 heavy (non-hydrogen) atoms. The topological polar surface area (TPSA) is 54.4 Å². The number of hydrogen-bond acceptors (Lipinski definition) is 4. The van der Waals surface area contributed by atoms with Crippen molar-refractivity contribution in [2.75, 3.05) is 13.1 Å². The van der Waals surface area contributed by atoms with Crippen LogP contribution in [0.3, 0.4) is 0 Å². The number of hydrogen-bond donors (Lipinski definition) is 1. The third kappa shape index (κ3) is 3.89. The van der Waals surface area contributed by atoms with Gasteiger partial charge in [0.1, 0.15) is 11.5 Å². The van der Waals surface area contributed by atoms with Gasteiger partial charge in [-0.15, -0.1) is 0 Å². The van der Waals surface area contributed by atoms with Crippen LogP contribution in [-0.2, 0) is 13.1 Å². The van der Waals surface area contributed by atoms with Crippen molar-refractivity contribution < 1.29 is 9.52 Å². The van der Waals surface area contributed by atoms with E-state index in [9.17, 15) is 5.11 Å². The van der Waals surface area contributed by atoms with Crippen LogP contribution in [0.4, 0.5) is 0 Å². The van der Waals surface area contributed by atoms with Crippen LogP contribution in [0.25, 0.3) is 11.3 Å². The highest BCUT2D eigenvalue weighted by Crippen LogP contribution is 2.27. The molecule has 0 atom stereocenters. The van der Waals surface area contributed by atoms with Gasteiger partial charge in [0.05, 0.1) is 18.5 Å². The molecular weight excluding hydrogens is 326 g/mol. The Morgan fingerprint density at radius 3 is 2.73 bits per heavy atom. The van der Waals surface area contributed by atoms with E-state index >= 15 is 0 Å². The molecule has 1 N–H and O–H groups in total. The van der Waals surface area contributed by atoms with E-state index in [0.717, 1.165) is 49.6 Å². The SMILES string of the molecule is Cc1ccc(-c2cccc(CN3CCC(O)(Cn4ccnc4)CC3)c2)o1. The van der Waals surface area contributed by atoms with E-state index in [2.05, 4.69) is 34.1 Å². The summed E-state index contributed by atoms with van der Waals surface area (Å²) in [7, 11) is 0. The van der Waals surface area contributed by atoms with Crippen LogP contribution in [0, 0.1) is 6.92 Å². The minimum atomic E-state index is -0.634. The summed E-state index contributed by atoms with van der Waals surface area (Å²) in [5.41, 5.74) is 1.76. The molecule has 0 amide bonds. The molecule has 0 aliphatic carbocycles. The minimum Gasteiger partial charge on any atom is -0.461 e. The molecule has 5 nitrogen and oxygen atoms in total. The maximum atomic E-state index is 10.8. The van der Waals surface area contributed by atoms with Gasteiger partial charge in [-0.1, -0.05) is 18.2 Å². The fourth-order valence-electron chi connectivity index (χ4n) is 3.68. The summed E-state index contributed by atoms with van der Waals surface area (Å²) in [6.45, 7) is 5.28. The van der Waals surface area contributed by atoms with Gasteiger partial charge in [-0.3, -0.25) is 4.90 Å². The van der Waals surface area contributed by atoms with Crippen molar-refractivity contribution in [2.24, 2.45) is 0 Å². The lowest BCUT2D eigenvalue weighted by molar-refractivity contribution is -0.0357. The molecule has 136 valence electrons. The van der Waals surface area contributed by atoms with Crippen molar-refractivity contribution in [3.05, 3.63) is 66.4 Å². The molecule has 3 aromatic rings. The summed E-state index contributed by atoms with van der Waals surface area (Å²) in [6, 6.07) is 12.5. The molecule has 3 heterocycles. The van der Waals surface area contributed by atoms with Gasteiger partial charge in [-0.25, -0.2) is 4.98 Å². The molecule has 0 saturated carbocycles. The highest BCUT2D eigenvalue weighted by molar-refractivity contribution is 5.58. The Balaban J connectivity index is 1.37. The summed E-state index contributed by atoms with van der Waals surface area (Å²) in [5.74, 6) is 1.84. The Labute approximate surface area is 153 Å². The number of nitrogens with zero attached hydrogens (tertiary/aromatic N) is 3. The van der Waals surface area contributed by atoms with E-state index < -0.39 is 5.60 Å². The molecule has 0 unspecified atom stereocenters. The Bertz CT molecular complexity index is 846. The predicted octanol–water partition coefficient (Wildman–Crippen LogP) is 3.48. The minimum absolute atomic E-state index is 0.619. The van der Waals surface area contributed by atoms with Gasteiger partial charge < -0.3 is 14.1 Å². The Hall–Kier alpha value is -2.37. The van der Waals surface area contributed by atoms with Crippen molar-refractivity contribution in [1.29, 1.82) is 0 Å². The molecule has 0 radical (unpaired) electrons. The second kappa shape index (κ2) is 7.09. The Morgan fingerprint density at radius 2 is 2.04 bits per heavy atom. The zero-order valence-corrected chi connectivity index (χ0v) is 15.1. The summed E-state index contributed by atoms with van der Waals surface area (Å²) in [6.07, 6.45) is 6.99. The summed E-state index contributed by atoms with van der Waals surface area (Å²) in [4.78, 5) is 6.47. The molecule has 1 fully saturated rings. The normalized spacial score (nSPS) is 17.5. The first-order chi connectivity index (χ1) is 12.6. The lowest BCUT2D eigenvalue weighted by Crippen LogP contribution is -2.46. The standard InChI is InChI=1S/C21H25N3O2/c1-17-5-6-20(26-17)19-4-2-3-18(13-19)14-23-10-7-21(25,8-11-23)15-24-12-9-22-16-24/h2-6,9,12-13,16,25H,7-8,10-11,14-15H2,1H3. The lowest BCUT2D eigenvalue weighted by Gasteiger charge is -2.38. The third-order valence-corrected chi connectivity index (χ3v) is 5.18. The van der Waals surface area contributed by atoms with Gasteiger partial charge in [0.25, 0.3) is 0 Å². The molecule has 0 bridgehead atoms. The molecule has 0 spiro atoms. The van der Waals surface area contributed by atoms with Gasteiger partial charge in [-0.05, 0) is 43.5 Å². The van der Waals surface area contributed by atoms with E-state index in [1.807, 2.05) is 29.8 Å². The highest BCUT2D eigenvalue weighted by atomic mass is 16.3. The van der Waals surface area contributed by atoms with Gasteiger partial charge in [0.15, 0.2) is 0 Å². The number of imidazole rings is 1. The molecule has 1 aliphatic heterocycles. The maximum absolute atomic E-state index is 10.8. The molecule has 1 saturated heterocycles. The smallest absolute Gasteiger partial charge is 0.134 e. The zero-order valence-electron chi connectivity index (χ0n) is 15.1. The lowest BCUT2D eigenvalue weighted by atomic mass is 9.91. The molecule has 2 aromatic heterocycles. The van der Waals surface area contributed by atoms with Gasteiger partial charge >= 0.3 is 0 Å². The average Bonchev–Trinajstić information content (AvgIpc) is 3.29. The Kier molecular flexibility index (Phi) is 4.66. The second-order valence-corrected chi connectivity index (χ2v) is 7.35. The highest BCUT2D eigenvalue weighted by Gasteiger charge is 2.32. The zero-order chi connectivity index (χ0) is 18.0. The van der Waals surface area contributed by atoms with Crippen molar-refractivity contribution in [3.8, 4) is 11.3 Å². The molecule has 4 rings (SSSR count). The number of benzene rings is 1. The number of piperidine rings is 1. The van der Waals surface area contributed by atoms with E-state index in [1.165, 1.54) is 5.56 Å². The van der Waals surface area contributed by atoms with Crippen LogP contribution < -0.4 is 0 Å². The van der Waals surface area contributed by atoms with Crippen LogP contribution in [-0.4, -0.2) is 38.2 Å². The van der Waals surface area contributed by atoms with Crippen LogP contribution >= 0.6 is 0 Å². The maximum Gasteiger partial charge on any atom is 0.134 e. The van der Waals surface area contributed by atoms with Gasteiger partial charge in [-0.2, -0.15) is 0 Å². The number of aryl methyl sites for hydroxylation is 1. The van der Waals surface area contributed by atoms with Crippen molar-refractivity contribution in [3.63, 3.8) is 0 Å². The van der Waals surface area contributed by atoms with E-state index in [-0.39, 0.29) is 0 Å². The molecule has 5 heteroatoms. The van der Waals surface area contributed by atoms with Gasteiger partial charge in [0.2, 0.25) is 0 Å². The monoisotopic (exact) mass is 351 g/mol. The van der Waals surface area contributed by atoms with Crippen molar-refractivity contribution in [1.82, 2.24) is 14.5 Å². The summed E-state index contributed by atoms with van der Waals surface area (Å²) >= 11 is 0. The first-order valence-electron chi connectivity index (χ1n) is 9.16. The number of aliphatic hydroxyl groups is 1. The van der Waals surface area contributed by atoms with Gasteiger partial charge in [0, 0.05) is 37.6 Å². The molecule has 1 aliphatic rings. The average molecular weight is 351 g/mol. The van der Waals surface area contributed by atoms with Crippen LogP contribution in [0.1, 0.15) is 24.2 Å². The quantitative estimate of drug-likeness (QED) is 0.765. The largest absolute Gasteiger partial charge is 0.461 e. The van der Waals surface area contributed by atoms with E-state index in [1.54, 1.807) is 12.5 Å². The van der Waals surface area contributed by atoms with Crippen LogP contribution in [0.2, 0.25) is 0 Å². The van der Waals surface area contributed by atoms with Crippen LogP contribution in [0.15, 0.2) is 59.5 Å². The number of likely N-dealkylation sites (tertiary alicyclic amines) is 1. The summed E-state index contributed by atoms with van der Waals surface area (Å²) < 4.78 is 7.70. The van der Waals surface area contributed by atoms with E-state index in [0.29, 0.717) is 6.54 Å². The fourth-order valence-corrected chi connectivity index (χ4v) is 3.68. The number of rotatable bonds is 5. The van der Waals surface area contributed by atoms with Crippen molar-refractivity contribution in [2.45, 2.75) is 38.5 Å². The fraction of sp³-hybridized carbons (Fsp3) is 0.381. The first-order valence-corrected chi connectivity index (χ1v) is 9.16. The Morgan fingerprint density at radius 1 is 1.19 bits per heavy atom. The van der Waals surface area contributed by atoms with Crippen molar-refractivity contribution >= 4 is 0 Å². The third-order valence-electron chi connectivity index (χ3n) is 5.18. The van der Waals surface area contributed by atoms with Crippen LogP contribution in [0.5, 0.6) is 0 Å². The predicted molar refractivity (Wildman–Crippen MR) is 101 cm³/mol. The molecule has 1 aromatic carbocycles. The first kappa shape index (κ1) is 17.1.